The Labute approximate surface area is 239 Å². The number of carbonyl (C=O) groups is 1. The molecule has 2 N–H and O–H groups in total. The van der Waals surface area contributed by atoms with Gasteiger partial charge in [-0.2, -0.15) is 0 Å². The Hall–Kier alpha value is -2.67. The Morgan fingerprint density at radius 3 is 2.65 bits per heavy atom. The van der Waals surface area contributed by atoms with Crippen LogP contribution in [0.4, 0.5) is 0 Å². The molecule has 1 aromatic rings. The topological polar surface area (TPSA) is 85.2 Å². The zero-order valence-electron chi connectivity index (χ0n) is 24.9. The Balaban J connectivity index is 1.75. The first-order valence-electron chi connectivity index (χ1n) is 14.7. The number of carbonyl (C=O) groups excluding carboxylic acids is 1. The minimum Gasteiger partial charge on any atom is -0.508 e. The van der Waals surface area contributed by atoms with Crippen molar-refractivity contribution in [2.24, 2.45) is 11.8 Å². The van der Waals surface area contributed by atoms with Gasteiger partial charge in [0.05, 0.1) is 24.4 Å². The molecular formula is C34H46O6. The first-order chi connectivity index (χ1) is 19.0. The van der Waals surface area contributed by atoms with Crippen LogP contribution in [0.1, 0.15) is 94.6 Å². The molecule has 0 aromatic heterocycles. The molecule has 6 nitrogen and oxygen atoms in total. The third kappa shape index (κ3) is 6.96. The lowest BCUT2D eigenvalue weighted by atomic mass is 9.84. The molecule has 2 fully saturated rings. The zero-order chi connectivity index (χ0) is 29.0. The maximum Gasteiger partial charge on any atom is 0.339 e. The molecule has 3 heterocycles. The highest BCUT2D eigenvalue weighted by Gasteiger charge is 2.48. The maximum atomic E-state index is 13.7. The number of aliphatic hydroxyl groups is 1. The highest BCUT2D eigenvalue weighted by Crippen LogP contribution is 2.44. The lowest BCUT2D eigenvalue weighted by Gasteiger charge is -2.49. The standard InChI is InChI=1S/C34H46O6/c1-7-23(4)32-24(5)13-14-34(40-32)19-28-17-27(39-34)12-11-22(3)15-21(2)9-8-10-26(20-35)29-18-31(36)25(6)16-30(29)33(37)38-28/h7-11,16,18,21,24,27-28,32,35-36H,12-15,17,19-20H2,1-6H3/t21-,24-,27+,28-,32+,34+/m0/s1. The van der Waals surface area contributed by atoms with Crippen molar-refractivity contribution in [3.8, 4) is 5.75 Å². The van der Waals surface area contributed by atoms with Crippen LogP contribution in [0, 0.1) is 18.8 Å². The summed E-state index contributed by atoms with van der Waals surface area (Å²) in [6, 6.07) is 3.19. The largest absolute Gasteiger partial charge is 0.508 e. The van der Waals surface area contributed by atoms with Crippen molar-refractivity contribution in [2.75, 3.05) is 6.61 Å². The lowest BCUT2D eigenvalue weighted by molar-refractivity contribution is -0.328. The highest BCUT2D eigenvalue weighted by molar-refractivity contribution is 5.96. The van der Waals surface area contributed by atoms with Gasteiger partial charge in [0.1, 0.15) is 11.9 Å². The average Bonchev–Trinajstić information content (AvgIpc) is 2.91. The van der Waals surface area contributed by atoms with Crippen molar-refractivity contribution in [1.29, 1.82) is 0 Å². The van der Waals surface area contributed by atoms with E-state index in [1.165, 1.54) is 11.1 Å². The fourth-order valence-electron chi connectivity index (χ4n) is 6.23. The number of allylic oxidation sites excluding steroid dienone is 5. The van der Waals surface area contributed by atoms with E-state index in [2.05, 4.69) is 45.9 Å². The molecule has 40 heavy (non-hydrogen) atoms. The summed E-state index contributed by atoms with van der Waals surface area (Å²) in [5, 5.41) is 20.7. The predicted molar refractivity (Wildman–Crippen MR) is 158 cm³/mol. The first-order valence-corrected chi connectivity index (χ1v) is 14.7. The van der Waals surface area contributed by atoms with Crippen molar-refractivity contribution in [3.05, 3.63) is 70.3 Å². The Kier molecular flexibility index (Phi) is 9.76. The zero-order valence-corrected chi connectivity index (χ0v) is 24.9. The van der Waals surface area contributed by atoms with Gasteiger partial charge in [0, 0.05) is 19.3 Å². The van der Waals surface area contributed by atoms with Gasteiger partial charge in [-0.15, -0.1) is 0 Å². The van der Waals surface area contributed by atoms with Gasteiger partial charge in [-0.05, 0) is 93.2 Å². The summed E-state index contributed by atoms with van der Waals surface area (Å²) in [7, 11) is 0. The van der Waals surface area contributed by atoms with Gasteiger partial charge < -0.3 is 24.4 Å². The van der Waals surface area contributed by atoms with E-state index in [0.29, 0.717) is 41.0 Å². The van der Waals surface area contributed by atoms with E-state index in [1.54, 1.807) is 19.1 Å². The van der Waals surface area contributed by atoms with E-state index in [9.17, 15) is 15.0 Å². The molecule has 4 rings (SSSR count). The van der Waals surface area contributed by atoms with Crippen molar-refractivity contribution in [1.82, 2.24) is 0 Å². The van der Waals surface area contributed by atoms with Crippen LogP contribution in [0.25, 0.3) is 5.57 Å². The number of benzene rings is 1. The number of esters is 1. The van der Waals surface area contributed by atoms with Crippen LogP contribution in [0.3, 0.4) is 0 Å². The first kappa shape index (κ1) is 30.3. The summed E-state index contributed by atoms with van der Waals surface area (Å²) < 4.78 is 19.7. The Bertz CT molecular complexity index is 1210. The lowest BCUT2D eigenvalue weighted by Crippen LogP contribution is -2.54. The normalized spacial score (nSPS) is 32.2. The van der Waals surface area contributed by atoms with Gasteiger partial charge in [-0.3, -0.25) is 0 Å². The minimum absolute atomic E-state index is 0.0415. The molecule has 2 saturated heterocycles. The highest BCUT2D eigenvalue weighted by atomic mass is 16.7. The summed E-state index contributed by atoms with van der Waals surface area (Å²) in [6.45, 7) is 12.1. The summed E-state index contributed by atoms with van der Waals surface area (Å²) in [4.78, 5) is 13.7. The van der Waals surface area contributed by atoms with Crippen molar-refractivity contribution >= 4 is 11.5 Å². The molecule has 1 aromatic carbocycles. The van der Waals surface area contributed by atoms with Gasteiger partial charge in [-0.1, -0.05) is 49.8 Å². The Morgan fingerprint density at radius 2 is 1.93 bits per heavy atom. The summed E-state index contributed by atoms with van der Waals surface area (Å²) in [5.41, 5.74) is 4.38. The third-order valence-electron chi connectivity index (χ3n) is 8.65. The van der Waals surface area contributed by atoms with Crippen LogP contribution in [-0.4, -0.2) is 46.9 Å². The van der Waals surface area contributed by atoms with E-state index in [1.807, 2.05) is 19.1 Å². The third-order valence-corrected chi connectivity index (χ3v) is 8.65. The molecule has 0 amide bonds. The smallest absolute Gasteiger partial charge is 0.339 e. The Morgan fingerprint density at radius 1 is 1.15 bits per heavy atom. The van der Waals surface area contributed by atoms with E-state index >= 15 is 0 Å². The number of phenolic OH excluding ortho intramolecular Hbond substituents is 1. The molecule has 1 spiro atoms. The number of hydrogen-bond acceptors (Lipinski definition) is 6. The molecule has 0 radical (unpaired) electrons. The molecule has 3 aliphatic rings. The molecule has 0 unspecified atom stereocenters. The van der Waals surface area contributed by atoms with Gasteiger partial charge in [0.15, 0.2) is 5.79 Å². The quantitative estimate of drug-likeness (QED) is 0.299. The van der Waals surface area contributed by atoms with E-state index < -0.39 is 17.9 Å². The summed E-state index contributed by atoms with van der Waals surface area (Å²) >= 11 is 0. The SMILES string of the molecule is CC=C(C)[C@H]1O[C@]2(CC[C@@H]1C)C[C@@H]1C[C@@H](CC=C(C)C[C@@H](C)C=CC=C(CO)c3cc(O)c(C)cc3C(=O)O1)O2. The van der Waals surface area contributed by atoms with Crippen molar-refractivity contribution < 1.29 is 29.2 Å². The van der Waals surface area contributed by atoms with E-state index in [-0.39, 0.29) is 30.5 Å². The number of ether oxygens (including phenoxy) is 3. The molecular weight excluding hydrogens is 504 g/mol. The van der Waals surface area contributed by atoms with Crippen LogP contribution in [0.15, 0.2) is 53.7 Å². The van der Waals surface area contributed by atoms with E-state index in [4.69, 9.17) is 14.2 Å². The van der Waals surface area contributed by atoms with Crippen LogP contribution >= 0.6 is 0 Å². The maximum absolute atomic E-state index is 13.7. The second kappa shape index (κ2) is 12.9. The van der Waals surface area contributed by atoms with Crippen LogP contribution in [-0.2, 0) is 14.2 Å². The van der Waals surface area contributed by atoms with Crippen LogP contribution < -0.4 is 0 Å². The number of aromatic hydroxyl groups is 1. The van der Waals surface area contributed by atoms with Crippen molar-refractivity contribution in [3.63, 3.8) is 0 Å². The van der Waals surface area contributed by atoms with Gasteiger partial charge in [0.2, 0.25) is 0 Å². The van der Waals surface area contributed by atoms with Crippen LogP contribution in [0.2, 0.25) is 0 Å². The van der Waals surface area contributed by atoms with Crippen LogP contribution in [0.5, 0.6) is 5.75 Å². The second-order valence-corrected chi connectivity index (χ2v) is 12.1. The average molecular weight is 551 g/mol. The number of rotatable bonds is 2. The second-order valence-electron chi connectivity index (χ2n) is 12.1. The molecule has 218 valence electrons. The number of aliphatic hydroxyl groups excluding tert-OH is 1. The fraction of sp³-hybridized carbons (Fsp3) is 0.559. The predicted octanol–water partition coefficient (Wildman–Crippen LogP) is 7.19. The molecule has 2 bridgehead atoms. The molecule has 6 heteroatoms. The van der Waals surface area contributed by atoms with Gasteiger partial charge in [-0.25, -0.2) is 4.79 Å². The minimum atomic E-state index is -0.817. The van der Waals surface area contributed by atoms with Crippen molar-refractivity contribution in [2.45, 2.75) is 104 Å². The number of aryl methyl sites for hydroxylation is 1. The molecule has 0 aliphatic carbocycles. The summed E-state index contributed by atoms with van der Waals surface area (Å²) in [6.07, 6.45) is 14.0. The molecule has 0 saturated carbocycles. The molecule has 3 aliphatic heterocycles. The number of hydrogen-bond donors (Lipinski definition) is 2. The molecule has 6 atom stereocenters. The number of phenols is 1. The monoisotopic (exact) mass is 550 g/mol. The van der Waals surface area contributed by atoms with Gasteiger partial charge >= 0.3 is 5.97 Å². The fourth-order valence-corrected chi connectivity index (χ4v) is 6.23. The number of fused-ring (bicyclic) bond motifs is 3. The van der Waals surface area contributed by atoms with Gasteiger partial charge in [0.25, 0.3) is 0 Å². The summed E-state index contributed by atoms with van der Waals surface area (Å²) in [5.74, 6) is -0.559. The van der Waals surface area contributed by atoms with E-state index in [0.717, 1.165) is 25.7 Å².